The molecule has 0 aromatic rings. The molecule has 15 heavy (non-hydrogen) atoms. The number of nitrogens with one attached hydrogen (secondary N) is 1. The van der Waals surface area contributed by atoms with Gasteiger partial charge in [0.25, 0.3) is 0 Å². The molecule has 2 fully saturated rings. The van der Waals surface area contributed by atoms with Gasteiger partial charge in [-0.25, -0.2) is 0 Å². The Morgan fingerprint density at radius 1 is 1.27 bits per heavy atom. The van der Waals surface area contributed by atoms with Crippen molar-refractivity contribution in [2.75, 3.05) is 19.7 Å². The van der Waals surface area contributed by atoms with E-state index < -0.39 is 0 Å². The molecular weight excluding hydrogens is 188 g/mol. The predicted molar refractivity (Wildman–Crippen MR) is 61.6 cm³/mol. The number of rotatable bonds is 5. The van der Waals surface area contributed by atoms with Crippen LogP contribution < -0.4 is 11.1 Å². The number of nitrogens with two attached hydrogens (primary N) is 1. The summed E-state index contributed by atoms with van der Waals surface area (Å²) in [7, 11) is 0. The van der Waals surface area contributed by atoms with Crippen LogP contribution in [0.4, 0.5) is 0 Å². The topological polar surface area (TPSA) is 58.3 Å². The van der Waals surface area contributed by atoms with Crippen molar-refractivity contribution < 1.29 is 5.11 Å². The lowest BCUT2D eigenvalue weighted by Gasteiger charge is -2.32. The van der Waals surface area contributed by atoms with E-state index in [1.807, 2.05) is 0 Å². The van der Waals surface area contributed by atoms with Crippen molar-refractivity contribution in [1.29, 1.82) is 0 Å². The van der Waals surface area contributed by atoms with Crippen molar-refractivity contribution in [3.8, 4) is 0 Å². The maximum absolute atomic E-state index is 9.24. The van der Waals surface area contributed by atoms with Gasteiger partial charge in [-0.1, -0.05) is 12.8 Å². The van der Waals surface area contributed by atoms with Gasteiger partial charge in [0.2, 0.25) is 0 Å². The van der Waals surface area contributed by atoms with Gasteiger partial charge >= 0.3 is 0 Å². The summed E-state index contributed by atoms with van der Waals surface area (Å²) >= 11 is 0. The third-order valence-corrected chi connectivity index (χ3v) is 4.24. The summed E-state index contributed by atoms with van der Waals surface area (Å²) in [5.74, 6) is 0.660. The normalized spacial score (nSPS) is 34.0. The van der Waals surface area contributed by atoms with E-state index in [9.17, 15) is 5.11 Å². The van der Waals surface area contributed by atoms with Gasteiger partial charge in [-0.3, -0.25) is 0 Å². The first-order chi connectivity index (χ1) is 7.29. The Bertz CT molecular complexity index is 204. The minimum atomic E-state index is 0.233. The van der Waals surface area contributed by atoms with Crippen LogP contribution in [-0.4, -0.2) is 30.8 Å². The van der Waals surface area contributed by atoms with Crippen LogP contribution >= 0.6 is 0 Å². The molecule has 0 saturated heterocycles. The first-order valence-corrected chi connectivity index (χ1v) is 6.34. The van der Waals surface area contributed by atoms with Crippen LogP contribution in [0.25, 0.3) is 0 Å². The SMILES string of the molecule is NCC1CCCCC1NCC1(CO)CC1. The maximum Gasteiger partial charge on any atom is 0.0499 e. The molecule has 0 spiro atoms. The molecule has 2 unspecified atom stereocenters. The lowest BCUT2D eigenvalue weighted by Crippen LogP contribution is -2.44. The molecule has 2 atom stereocenters. The third-order valence-electron chi connectivity index (χ3n) is 4.24. The molecule has 0 amide bonds. The van der Waals surface area contributed by atoms with Gasteiger partial charge in [0.05, 0.1) is 0 Å². The first-order valence-electron chi connectivity index (χ1n) is 6.34. The molecule has 2 saturated carbocycles. The van der Waals surface area contributed by atoms with Gasteiger partial charge < -0.3 is 16.2 Å². The lowest BCUT2D eigenvalue weighted by atomic mass is 9.84. The largest absolute Gasteiger partial charge is 0.396 e. The fourth-order valence-corrected chi connectivity index (χ4v) is 2.67. The molecule has 88 valence electrons. The second kappa shape index (κ2) is 4.81. The summed E-state index contributed by atoms with van der Waals surface area (Å²) in [6.07, 6.45) is 7.60. The van der Waals surface area contributed by atoms with Crippen LogP contribution in [0.5, 0.6) is 0 Å². The highest BCUT2D eigenvalue weighted by Crippen LogP contribution is 2.44. The molecule has 3 nitrogen and oxygen atoms in total. The van der Waals surface area contributed by atoms with Crippen molar-refractivity contribution in [1.82, 2.24) is 5.32 Å². The zero-order chi connectivity index (χ0) is 10.7. The molecule has 0 aliphatic heterocycles. The van der Waals surface area contributed by atoms with E-state index in [-0.39, 0.29) is 5.41 Å². The lowest BCUT2D eigenvalue weighted by molar-refractivity contribution is 0.188. The second-order valence-corrected chi connectivity index (χ2v) is 5.43. The van der Waals surface area contributed by atoms with E-state index >= 15 is 0 Å². The average Bonchev–Trinajstić information content (AvgIpc) is 3.07. The van der Waals surface area contributed by atoms with Crippen LogP contribution in [0.2, 0.25) is 0 Å². The Hall–Kier alpha value is -0.120. The maximum atomic E-state index is 9.24. The van der Waals surface area contributed by atoms with Gasteiger partial charge in [0.1, 0.15) is 0 Å². The summed E-state index contributed by atoms with van der Waals surface area (Å²) in [6.45, 7) is 2.15. The first kappa shape index (κ1) is 11.4. The van der Waals surface area contributed by atoms with E-state index in [4.69, 9.17) is 5.73 Å². The van der Waals surface area contributed by atoms with Crippen LogP contribution in [-0.2, 0) is 0 Å². The fraction of sp³-hybridized carbons (Fsp3) is 1.00. The number of hydrogen-bond donors (Lipinski definition) is 3. The van der Waals surface area contributed by atoms with Crippen LogP contribution in [0.3, 0.4) is 0 Å². The Kier molecular flexibility index (Phi) is 3.65. The minimum absolute atomic E-state index is 0.233. The Morgan fingerprint density at radius 3 is 2.60 bits per heavy atom. The van der Waals surface area contributed by atoms with Gasteiger partial charge in [-0.05, 0) is 38.1 Å². The highest BCUT2D eigenvalue weighted by atomic mass is 16.3. The quantitative estimate of drug-likeness (QED) is 0.633. The summed E-state index contributed by atoms with van der Waals surface area (Å²) < 4.78 is 0. The Labute approximate surface area is 92.4 Å². The fourth-order valence-electron chi connectivity index (χ4n) is 2.67. The summed E-state index contributed by atoms with van der Waals surface area (Å²) in [4.78, 5) is 0. The monoisotopic (exact) mass is 212 g/mol. The van der Waals surface area contributed by atoms with Crippen LogP contribution in [0.1, 0.15) is 38.5 Å². The van der Waals surface area contributed by atoms with Crippen molar-refractivity contribution in [2.45, 2.75) is 44.6 Å². The Morgan fingerprint density at radius 2 is 2.00 bits per heavy atom. The van der Waals surface area contributed by atoms with Crippen LogP contribution in [0.15, 0.2) is 0 Å². The van der Waals surface area contributed by atoms with Gasteiger partial charge in [0.15, 0.2) is 0 Å². The molecule has 0 bridgehead atoms. The van der Waals surface area contributed by atoms with E-state index in [0.29, 0.717) is 18.6 Å². The number of hydrogen-bond acceptors (Lipinski definition) is 3. The van der Waals surface area contributed by atoms with Crippen molar-refractivity contribution in [3.05, 3.63) is 0 Å². The zero-order valence-electron chi connectivity index (χ0n) is 9.54. The minimum Gasteiger partial charge on any atom is -0.396 e. The third kappa shape index (κ3) is 2.71. The molecular formula is C12H24N2O. The highest BCUT2D eigenvalue weighted by molar-refractivity contribution is 4.96. The molecule has 4 N–H and O–H groups in total. The van der Waals surface area contributed by atoms with E-state index in [1.165, 1.54) is 38.5 Å². The van der Waals surface area contributed by atoms with Crippen molar-refractivity contribution in [2.24, 2.45) is 17.1 Å². The number of aliphatic hydroxyl groups excluding tert-OH is 1. The molecule has 2 aliphatic rings. The molecule has 0 aromatic carbocycles. The Balaban J connectivity index is 1.77. The second-order valence-electron chi connectivity index (χ2n) is 5.43. The average molecular weight is 212 g/mol. The van der Waals surface area contributed by atoms with E-state index in [2.05, 4.69) is 5.32 Å². The molecule has 0 aromatic heterocycles. The zero-order valence-corrected chi connectivity index (χ0v) is 9.54. The molecule has 2 aliphatic carbocycles. The molecule has 3 heteroatoms. The standard InChI is InChI=1S/C12H24N2O/c13-7-10-3-1-2-4-11(10)14-8-12(9-15)5-6-12/h10-11,14-15H,1-9,13H2. The van der Waals surface area contributed by atoms with Gasteiger partial charge in [0, 0.05) is 24.6 Å². The summed E-state index contributed by atoms with van der Waals surface area (Å²) in [6, 6.07) is 0.604. The van der Waals surface area contributed by atoms with Crippen molar-refractivity contribution >= 4 is 0 Å². The van der Waals surface area contributed by atoms with Crippen molar-refractivity contribution in [3.63, 3.8) is 0 Å². The summed E-state index contributed by atoms with van der Waals surface area (Å²) in [5.41, 5.74) is 6.02. The highest BCUT2D eigenvalue weighted by Gasteiger charge is 2.42. The summed E-state index contributed by atoms with van der Waals surface area (Å²) in [5, 5.41) is 12.9. The van der Waals surface area contributed by atoms with E-state index in [0.717, 1.165) is 13.1 Å². The molecule has 2 rings (SSSR count). The predicted octanol–water partition coefficient (Wildman–Crippen LogP) is 0.866. The van der Waals surface area contributed by atoms with E-state index in [1.54, 1.807) is 0 Å². The van der Waals surface area contributed by atoms with Crippen LogP contribution in [0, 0.1) is 11.3 Å². The van der Waals surface area contributed by atoms with Gasteiger partial charge in [-0.2, -0.15) is 0 Å². The molecule has 0 heterocycles. The number of aliphatic hydroxyl groups is 1. The van der Waals surface area contributed by atoms with Gasteiger partial charge in [-0.15, -0.1) is 0 Å². The smallest absolute Gasteiger partial charge is 0.0499 e. The molecule has 0 radical (unpaired) electrons.